The van der Waals surface area contributed by atoms with Gasteiger partial charge in [0.15, 0.2) is 0 Å². The number of hydrogen-bond donors (Lipinski definition) is 1. The normalized spacial score (nSPS) is 11.1. The molecule has 1 aromatic heterocycles. The molecule has 1 N–H and O–H groups in total. The zero-order valence-electron chi connectivity index (χ0n) is 10.0. The van der Waals surface area contributed by atoms with Gasteiger partial charge in [0.2, 0.25) is 0 Å². The molecule has 16 heavy (non-hydrogen) atoms. The summed E-state index contributed by atoms with van der Waals surface area (Å²) in [5.74, 6) is 1.10. The molecule has 0 unspecified atom stereocenters. The molecule has 0 bridgehead atoms. The van der Waals surface area contributed by atoms with Crippen LogP contribution in [-0.2, 0) is 6.54 Å². The van der Waals surface area contributed by atoms with Gasteiger partial charge in [-0.1, -0.05) is 19.1 Å². The van der Waals surface area contributed by atoms with E-state index in [-0.39, 0.29) is 0 Å². The fourth-order valence-electron chi connectivity index (χ4n) is 1.97. The summed E-state index contributed by atoms with van der Waals surface area (Å²) in [5, 5.41) is 3.42. The van der Waals surface area contributed by atoms with E-state index in [9.17, 15) is 0 Å². The van der Waals surface area contributed by atoms with Crippen LogP contribution in [0.5, 0.6) is 0 Å². The number of aryl methyl sites for hydroxylation is 1. The van der Waals surface area contributed by atoms with Gasteiger partial charge in [0.05, 0.1) is 11.0 Å². The number of imidazole rings is 1. The standard InChI is InChI=1S/C13H19N3/c1-3-8-14-9-10-16-11(2)15-12-6-4-5-7-13(12)16/h4-7,14H,3,8-10H2,1-2H3. The summed E-state index contributed by atoms with van der Waals surface area (Å²) < 4.78 is 2.28. The largest absolute Gasteiger partial charge is 0.327 e. The molecule has 0 radical (unpaired) electrons. The highest BCUT2D eigenvalue weighted by molar-refractivity contribution is 5.75. The Hall–Kier alpha value is -1.35. The second-order valence-corrected chi connectivity index (χ2v) is 4.05. The van der Waals surface area contributed by atoms with Crippen molar-refractivity contribution in [2.24, 2.45) is 0 Å². The van der Waals surface area contributed by atoms with Gasteiger partial charge in [-0.25, -0.2) is 4.98 Å². The van der Waals surface area contributed by atoms with E-state index in [0.29, 0.717) is 0 Å². The highest BCUT2D eigenvalue weighted by Gasteiger charge is 2.05. The first-order chi connectivity index (χ1) is 7.83. The van der Waals surface area contributed by atoms with Crippen LogP contribution < -0.4 is 5.32 Å². The molecule has 86 valence electrons. The molecular weight excluding hydrogens is 198 g/mol. The van der Waals surface area contributed by atoms with Crippen molar-refractivity contribution in [2.45, 2.75) is 26.8 Å². The maximum Gasteiger partial charge on any atom is 0.106 e. The first-order valence-electron chi connectivity index (χ1n) is 5.95. The average Bonchev–Trinajstić information content (AvgIpc) is 2.61. The molecule has 0 aliphatic rings. The molecule has 2 aromatic rings. The molecule has 1 heterocycles. The van der Waals surface area contributed by atoms with Crippen molar-refractivity contribution in [3.63, 3.8) is 0 Å². The molecule has 0 fully saturated rings. The molecule has 0 atom stereocenters. The third kappa shape index (κ3) is 2.25. The van der Waals surface area contributed by atoms with E-state index in [2.05, 4.69) is 46.9 Å². The smallest absolute Gasteiger partial charge is 0.106 e. The van der Waals surface area contributed by atoms with Crippen molar-refractivity contribution in [3.8, 4) is 0 Å². The van der Waals surface area contributed by atoms with Gasteiger partial charge < -0.3 is 9.88 Å². The molecule has 0 spiro atoms. The number of aromatic nitrogens is 2. The van der Waals surface area contributed by atoms with Crippen molar-refractivity contribution in [1.82, 2.24) is 14.9 Å². The summed E-state index contributed by atoms with van der Waals surface area (Å²) in [6.45, 7) is 7.34. The summed E-state index contributed by atoms with van der Waals surface area (Å²) in [5.41, 5.74) is 2.33. The van der Waals surface area contributed by atoms with Crippen molar-refractivity contribution < 1.29 is 0 Å². The Morgan fingerprint density at radius 1 is 1.25 bits per heavy atom. The molecule has 1 aromatic carbocycles. The van der Waals surface area contributed by atoms with Crippen LogP contribution in [0.2, 0.25) is 0 Å². The van der Waals surface area contributed by atoms with E-state index in [1.165, 1.54) is 11.9 Å². The van der Waals surface area contributed by atoms with Crippen LogP contribution in [0.15, 0.2) is 24.3 Å². The Morgan fingerprint density at radius 3 is 2.88 bits per heavy atom. The van der Waals surface area contributed by atoms with Gasteiger partial charge in [-0.2, -0.15) is 0 Å². The van der Waals surface area contributed by atoms with Crippen LogP contribution in [0.1, 0.15) is 19.2 Å². The van der Waals surface area contributed by atoms with Crippen molar-refractivity contribution in [2.75, 3.05) is 13.1 Å². The van der Waals surface area contributed by atoms with E-state index < -0.39 is 0 Å². The molecular formula is C13H19N3. The van der Waals surface area contributed by atoms with Gasteiger partial charge in [0.25, 0.3) is 0 Å². The molecule has 0 aliphatic heterocycles. The van der Waals surface area contributed by atoms with Gasteiger partial charge >= 0.3 is 0 Å². The molecule has 0 saturated heterocycles. The van der Waals surface area contributed by atoms with Crippen LogP contribution >= 0.6 is 0 Å². The minimum Gasteiger partial charge on any atom is -0.327 e. The number of nitrogens with zero attached hydrogens (tertiary/aromatic N) is 2. The van der Waals surface area contributed by atoms with Gasteiger partial charge in [-0.05, 0) is 32.0 Å². The summed E-state index contributed by atoms with van der Waals surface area (Å²) in [7, 11) is 0. The SMILES string of the molecule is CCCNCCn1c(C)nc2ccccc21. The monoisotopic (exact) mass is 217 g/mol. The Bertz CT molecular complexity index is 459. The molecule has 3 heteroatoms. The molecule has 0 amide bonds. The Morgan fingerprint density at radius 2 is 2.06 bits per heavy atom. The lowest BCUT2D eigenvalue weighted by Crippen LogP contribution is -2.20. The predicted octanol–water partition coefficient (Wildman–Crippen LogP) is 2.34. The first-order valence-corrected chi connectivity index (χ1v) is 5.95. The fraction of sp³-hybridized carbons (Fsp3) is 0.462. The van der Waals surface area contributed by atoms with Gasteiger partial charge in [-0.15, -0.1) is 0 Å². The number of para-hydroxylation sites is 2. The highest BCUT2D eigenvalue weighted by Crippen LogP contribution is 2.14. The zero-order chi connectivity index (χ0) is 11.4. The fourth-order valence-corrected chi connectivity index (χ4v) is 1.97. The highest BCUT2D eigenvalue weighted by atomic mass is 15.1. The third-order valence-corrected chi connectivity index (χ3v) is 2.78. The van der Waals surface area contributed by atoms with Gasteiger partial charge in [0.1, 0.15) is 5.82 Å². The molecule has 3 nitrogen and oxygen atoms in total. The number of nitrogens with one attached hydrogen (secondary N) is 1. The van der Waals surface area contributed by atoms with Crippen molar-refractivity contribution >= 4 is 11.0 Å². The second-order valence-electron chi connectivity index (χ2n) is 4.05. The minimum atomic E-state index is 0.992. The van der Waals surface area contributed by atoms with Crippen LogP contribution in [-0.4, -0.2) is 22.6 Å². The lowest BCUT2D eigenvalue weighted by atomic mass is 10.3. The van der Waals surface area contributed by atoms with Crippen LogP contribution in [0.3, 0.4) is 0 Å². The quantitative estimate of drug-likeness (QED) is 0.779. The lowest BCUT2D eigenvalue weighted by Gasteiger charge is -2.07. The van der Waals surface area contributed by atoms with Gasteiger partial charge in [-0.3, -0.25) is 0 Å². The lowest BCUT2D eigenvalue weighted by molar-refractivity contribution is 0.593. The summed E-state index contributed by atoms with van der Waals surface area (Å²) in [6.07, 6.45) is 1.18. The molecule has 0 saturated carbocycles. The van der Waals surface area contributed by atoms with E-state index in [0.717, 1.165) is 31.0 Å². The van der Waals surface area contributed by atoms with Crippen molar-refractivity contribution in [3.05, 3.63) is 30.1 Å². The van der Waals surface area contributed by atoms with E-state index >= 15 is 0 Å². The maximum absolute atomic E-state index is 4.55. The van der Waals surface area contributed by atoms with Crippen LogP contribution in [0, 0.1) is 6.92 Å². The molecule has 2 rings (SSSR count). The van der Waals surface area contributed by atoms with Crippen molar-refractivity contribution in [1.29, 1.82) is 0 Å². The maximum atomic E-state index is 4.55. The second kappa shape index (κ2) is 5.12. The van der Waals surface area contributed by atoms with Gasteiger partial charge in [0, 0.05) is 13.1 Å². The van der Waals surface area contributed by atoms with E-state index in [1.807, 2.05) is 6.07 Å². The number of fused-ring (bicyclic) bond motifs is 1. The first kappa shape index (κ1) is 11.1. The minimum absolute atomic E-state index is 0.992. The van der Waals surface area contributed by atoms with E-state index in [4.69, 9.17) is 0 Å². The summed E-state index contributed by atoms with van der Waals surface area (Å²) in [6, 6.07) is 8.31. The Labute approximate surface area is 96.5 Å². The third-order valence-electron chi connectivity index (χ3n) is 2.78. The Balaban J connectivity index is 2.13. The van der Waals surface area contributed by atoms with E-state index in [1.54, 1.807) is 0 Å². The number of benzene rings is 1. The Kier molecular flexibility index (Phi) is 3.57. The zero-order valence-corrected chi connectivity index (χ0v) is 10.0. The average molecular weight is 217 g/mol. The van der Waals surface area contributed by atoms with Crippen LogP contribution in [0.25, 0.3) is 11.0 Å². The topological polar surface area (TPSA) is 29.9 Å². The molecule has 0 aliphatic carbocycles. The number of hydrogen-bond acceptors (Lipinski definition) is 2. The predicted molar refractivity (Wildman–Crippen MR) is 67.6 cm³/mol. The number of rotatable bonds is 5. The summed E-state index contributed by atoms with van der Waals surface area (Å²) in [4.78, 5) is 4.55. The summed E-state index contributed by atoms with van der Waals surface area (Å²) >= 11 is 0. The van der Waals surface area contributed by atoms with Crippen LogP contribution in [0.4, 0.5) is 0 Å².